The first-order valence-electron chi connectivity index (χ1n) is 9.41. The van der Waals surface area contributed by atoms with Gasteiger partial charge in [-0.3, -0.25) is 0 Å². The normalized spacial score (nSPS) is 11.2. The van der Waals surface area contributed by atoms with Crippen LogP contribution in [0.5, 0.6) is 5.75 Å². The zero-order valence-electron chi connectivity index (χ0n) is 15.2. The number of ether oxygens (including phenoxy) is 1. The maximum atomic E-state index is 5.76. The fraction of sp³-hybridized carbons (Fsp3) is 0.650. The summed E-state index contributed by atoms with van der Waals surface area (Å²) in [5.41, 5.74) is 1.71. The average Bonchev–Trinajstić information content (AvgIpc) is 3.01. The predicted octanol–water partition coefficient (Wildman–Crippen LogP) is 6.85. The van der Waals surface area contributed by atoms with Crippen molar-refractivity contribution in [3.63, 3.8) is 0 Å². The number of aromatic nitrogens is 1. The summed E-state index contributed by atoms with van der Waals surface area (Å²) < 4.78 is 11.0. The topological polar surface area (TPSA) is 35.3 Å². The highest BCUT2D eigenvalue weighted by Crippen LogP contribution is 2.27. The van der Waals surface area contributed by atoms with E-state index in [1.807, 2.05) is 18.2 Å². The third-order valence-corrected chi connectivity index (χ3v) is 5.21. The van der Waals surface area contributed by atoms with Gasteiger partial charge in [0.25, 0.3) is 5.22 Å². The van der Waals surface area contributed by atoms with E-state index in [4.69, 9.17) is 9.15 Å². The molecule has 0 aliphatic heterocycles. The molecule has 2 rings (SSSR count). The van der Waals surface area contributed by atoms with Gasteiger partial charge in [0.15, 0.2) is 5.58 Å². The zero-order valence-corrected chi connectivity index (χ0v) is 16.0. The molecule has 0 radical (unpaired) electrons. The van der Waals surface area contributed by atoms with Crippen molar-refractivity contribution in [1.29, 1.82) is 0 Å². The van der Waals surface area contributed by atoms with E-state index in [9.17, 15) is 0 Å². The Morgan fingerprint density at radius 2 is 1.62 bits per heavy atom. The second-order valence-electron chi connectivity index (χ2n) is 6.34. The van der Waals surface area contributed by atoms with Gasteiger partial charge < -0.3 is 9.15 Å². The Balaban J connectivity index is 1.53. The Labute approximate surface area is 150 Å². The third kappa shape index (κ3) is 6.76. The first kappa shape index (κ1) is 19.2. The van der Waals surface area contributed by atoms with Gasteiger partial charge in [0, 0.05) is 11.8 Å². The highest BCUT2D eigenvalue weighted by Gasteiger charge is 2.07. The van der Waals surface area contributed by atoms with Crippen LogP contribution in [-0.2, 0) is 0 Å². The number of methoxy groups -OCH3 is 1. The molecule has 134 valence electrons. The molecule has 0 fully saturated rings. The standard InChI is InChI=1S/C20H31NO2S/c1-3-4-5-6-7-8-9-10-11-12-15-24-20-21-18-16-17(22-2)13-14-19(18)23-20/h13-14,16H,3-12,15H2,1-2H3. The second-order valence-corrected chi connectivity index (χ2v) is 7.39. The van der Waals surface area contributed by atoms with Gasteiger partial charge in [-0.1, -0.05) is 76.5 Å². The van der Waals surface area contributed by atoms with Crippen LogP contribution in [0.3, 0.4) is 0 Å². The van der Waals surface area contributed by atoms with Crippen LogP contribution in [0.1, 0.15) is 71.1 Å². The Bertz CT molecular complexity index is 582. The lowest BCUT2D eigenvalue weighted by Crippen LogP contribution is -1.84. The molecule has 0 spiro atoms. The molecular formula is C20H31NO2S. The summed E-state index contributed by atoms with van der Waals surface area (Å²) in [5.74, 6) is 1.91. The van der Waals surface area contributed by atoms with Crippen LogP contribution in [0.2, 0.25) is 0 Å². The second kappa shape index (κ2) is 11.4. The molecule has 0 saturated carbocycles. The molecule has 0 N–H and O–H groups in total. The van der Waals surface area contributed by atoms with Gasteiger partial charge in [-0.2, -0.15) is 0 Å². The largest absolute Gasteiger partial charge is 0.497 e. The number of unbranched alkanes of at least 4 members (excludes halogenated alkanes) is 9. The lowest BCUT2D eigenvalue weighted by Gasteiger charge is -2.01. The van der Waals surface area contributed by atoms with Crippen LogP contribution in [0.4, 0.5) is 0 Å². The average molecular weight is 350 g/mol. The van der Waals surface area contributed by atoms with Gasteiger partial charge in [-0.25, -0.2) is 4.98 Å². The van der Waals surface area contributed by atoms with Crippen LogP contribution in [0, 0.1) is 0 Å². The number of hydrogen-bond donors (Lipinski definition) is 0. The van der Waals surface area contributed by atoms with Gasteiger partial charge >= 0.3 is 0 Å². The molecule has 4 heteroatoms. The maximum Gasteiger partial charge on any atom is 0.256 e. The summed E-state index contributed by atoms with van der Waals surface area (Å²) >= 11 is 1.72. The van der Waals surface area contributed by atoms with Crippen molar-refractivity contribution < 1.29 is 9.15 Å². The molecule has 0 atom stereocenters. The molecule has 1 aromatic carbocycles. The van der Waals surface area contributed by atoms with E-state index in [0.29, 0.717) is 0 Å². The lowest BCUT2D eigenvalue weighted by molar-refractivity contribution is 0.415. The monoisotopic (exact) mass is 349 g/mol. The van der Waals surface area contributed by atoms with Crippen molar-refractivity contribution in [2.24, 2.45) is 0 Å². The van der Waals surface area contributed by atoms with Crippen molar-refractivity contribution in [1.82, 2.24) is 4.98 Å². The minimum absolute atomic E-state index is 0.772. The quantitative estimate of drug-likeness (QED) is 0.292. The van der Waals surface area contributed by atoms with E-state index in [1.165, 1.54) is 64.2 Å². The maximum absolute atomic E-state index is 5.76. The van der Waals surface area contributed by atoms with Gasteiger partial charge in [0.2, 0.25) is 0 Å². The van der Waals surface area contributed by atoms with Crippen LogP contribution in [0.25, 0.3) is 11.1 Å². The fourth-order valence-corrected chi connectivity index (χ4v) is 3.66. The summed E-state index contributed by atoms with van der Waals surface area (Å²) in [6.07, 6.45) is 13.7. The van der Waals surface area contributed by atoms with Crippen molar-refractivity contribution in [3.05, 3.63) is 18.2 Å². The zero-order chi connectivity index (χ0) is 17.0. The molecule has 1 aromatic heterocycles. The number of nitrogens with zero attached hydrogens (tertiary/aromatic N) is 1. The molecule has 0 aliphatic rings. The SMILES string of the molecule is CCCCCCCCCCCCSc1nc2cc(OC)ccc2o1. The lowest BCUT2D eigenvalue weighted by atomic mass is 10.1. The minimum Gasteiger partial charge on any atom is -0.497 e. The smallest absolute Gasteiger partial charge is 0.256 e. The van der Waals surface area contributed by atoms with E-state index < -0.39 is 0 Å². The van der Waals surface area contributed by atoms with Crippen LogP contribution >= 0.6 is 11.8 Å². The number of rotatable bonds is 13. The van der Waals surface area contributed by atoms with E-state index in [2.05, 4.69) is 11.9 Å². The van der Waals surface area contributed by atoms with Crippen LogP contribution < -0.4 is 4.74 Å². The molecule has 0 unspecified atom stereocenters. The molecule has 2 aromatic rings. The fourth-order valence-electron chi connectivity index (χ4n) is 2.82. The molecule has 0 aliphatic carbocycles. The summed E-state index contributed by atoms with van der Waals surface area (Å²) in [4.78, 5) is 4.52. The molecule has 24 heavy (non-hydrogen) atoms. The van der Waals surface area contributed by atoms with Crippen molar-refractivity contribution >= 4 is 22.9 Å². The number of oxazole rings is 1. The Morgan fingerprint density at radius 3 is 2.29 bits per heavy atom. The van der Waals surface area contributed by atoms with Crippen LogP contribution in [0.15, 0.2) is 27.8 Å². The van der Waals surface area contributed by atoms with Gasteiger partial charge in [-0.15, -0.1) is 0 Å². The highest BCUT2D eigenvalue weighted by molar-refractivity contribution is 7.99. The van der Waals surface area contributed by atoms with Crippen molar-refractivity contribution in [2.45, 2.75) is 76.4 Å². The minimum atomic E-state index is 0.772. The van der Waals surface area contributed by atoms with Crippen molar-refractivity contribution in [3.8, 4) is 5.75 Å². The Morgan fingerprint density at radius 1 is 0.958 bits per heavy atom. The predicted molar refractivity (Wildman–Crippen MR) is 103 cm³/mol. The van der Waals surface area contributed by atoms with E-state index in [1.54, 1.807) is 18.9 Å². The molecule has 0 saturated heterocycles. The van der Waals surface area contributed by atoms with Crippen molar-refractivity contribution in [2.75, 3.05) is 12.9 Å². The molecule has 3 nitrogen and oxygen atoms in total. The van der Waals surface area contributed by atoms with E-state index in [0.717, 1.165) is 27.8 Å². The molecule has 0 bridgehead atoms. The van der Waals surface area contributed by atoms with E-state index >= 15 is 0 Å². The summed E-state index contributed by atoms with van der Waals surface area (Å²) in [5, 5.41) is 0.772. The number of benzene rings is 1. The third-order valence-electron chi connectivity index (χ3n) is 4.30. The van der Waals surface area contributed by atoms with E-state index in [-0.39, 0.29) is 0 Å². The number of fused-ring (bicyclic) bond motifs is 1. The van der Waals surface area contributed by atoms with Gasteiger partial charge in [0.1, 0.15) is 11.3 Å². The van der Waals surface area contributed by atoms with Gasteiger partial charge in [-0.05, 0) is 18.6 Å². The number of hydrogen-bond acceptors (Lipinski definition) is 4. The first-order valence-corrected chi connectivity index (χ1v) is 10.4. The molecule has 1 heterocycles. The Kier molecular flexibility index (Phi) is 9.11. The summed E-state index contributed by atoms with van der Waals surface area (Å²) in [6, 6.07) is 5.75. The summed E-state index contributed by atoms with van der Waals surface area (Å²) in [7, 11) is 1.67. The first-order chi connectivity index (χ1) is 11.8. The van der Waals surface area contributed by atoms with Crippen LogP contribution in [-0.4, -0.2) is 17.8 Å². The molecular weight excluding hydrogens is 318 g/mol. The summed E-state index contributed by atoms with van der Waals surface area (Å²) in [6.45, 7) is 2.27. The highest BCUT2D eigenvalue weighted by atomic mass is 32.2. The Hall–Kier alpha value is -1.16. The molecule has 0 amide bonds. The number of thioether (sulfide) groups is 1. The van der Waals surface area contributed by atoms with Gasteiger partial charge in [0.05, 0.1) is 7.11 Å².